The van der Waals surface area contributed by atoms with Crippen LogP contribution in [0.25, 0.3) is 0 Å². The molecule has 0 spiro atoms. The summed E-state index contributed by atoms with van der Waals surface area (Å²) < 4.78 is 5.41. The Hall–Kier alpha value is -1.77. The van der Waals surface area contributed by atoms with E-state index < -0.39 is 11.7 Å². The van der Waals surface area contributed by atoms with Gasteiger partial charge in [0, 0.05) is 5.92 Å². The maximum Gasteiger partial charge on any atom is 0.408 e. The van der Waals surface area contributed by atoms with E-state index in [1.165, 1.54) is 0 Å². The lowest BCUT2D eigenvalue weighted by molar-refractivity contribution is 0.0471. The second-order valence-corrected chi connectivity index (χ2v) is 7.66. The summed E-state index contributed by atoms with van der Waals surface area (Å²) in [5.41, 5.74) is 0.502. The number of amides is 1. The fourth-order valence-corrected chi connectivity index (χ4v) is 2.46. The summed E-state index contributed by atoms with van der Waals surface area (Å²) in [7, 11) is 0. The molecule has 1 aromatic carbocycles. The molecule has 0 aromatic heterocycles. The van der Waals surface area contributed by atoms with E-state index in [2.05, 4.69) is 32.7 Å². The molecule has 0 unspecified atom stereocenters. The van der Waals surface area contributed by atoms with Crippen LogP contribution in [0.4, 0.5) is 4.79 Å². The third kappa shape index (κ3) is 5.55. The van der Waals surface area contributed by atoms with Crippen molar-refractivity contribution in [2.24, 2.45) is 11.3 Å². The summed E-state index contributed by atoms with van der Waals surface area (Å²) >= 11 is 0. The number of benzene rings is 1. The second kappa shape index (κ2) is 6.99. The minimum absolute atomic E-state index is 0.0305. The average Bonchev–Trinajstić information content (AvgIpc) is 2.35. The van der Waals surface area contributed by atoms with Crippen molar-refractivity contribution in [1.29, 1.82) is 0 Å². The predicted octanol–water partition coefficient (Wildman–Crippen LogP) is 5.10. The fourth-order valence-electron chi connectivity index (χ4n) is 2.46. The molecule has 3 heteroatoms. The highest BCUT2D eigenvalue weighted by Crippen LogP contribution is 2.37. The van der Waals surface area contributed by atoms with Crippen LogP contribution in [0, 0.1) is 11.3 Å². The Bertz CT molecular complexity index is 494. The van der Waals surface area contributed by atoms with Gasteiger partial charge in [-0.05, 0) is 31.7 Å². The van der Waals surface area contributed by atoms with Crippen molar-refractivity contribution in [2.45, 2.75) is 53.2 Å². The van der Waals surface area contributed by atoms with Gasteiger partial charge in [0.25, 0.3) is 0 Å². The van der Waals surface area contributed by atoms with Crippen molar-refractivity contribution in [3.8, 4) is 0 Å². The van der Waals surface area contributed by atoms with Gasteiger partial charge in [-0.3, -0.25) is 0 Å². The zero-order chi connectivity index (χ0) is 17.0. The van der Waals surface area contributed by atoms with Crippen molar-refractivity contribution < 1.29 is 9.53 Å². The number of hydrogen-bond acceptors (Lipinski definition) is 2. The molecular weight excluding hydrogens is 274 g/mol. The average molecular weight is 303 g/mol. The maximum absolute atomic E-state index is 12.2. The Morgan fingerprint density at radius 3 is 2.09 bits per heavy atom. The van der Waals surface area contributed by atoms with Crippen molar-refractivity contribution in [3.63, 3.8) is 0 Å². The lowest BCUT2D eigenvalue weighted by Crippen LogP contribution is -2.40. The first-order chi connectivity index (χ1) is 10.0. The Morgan fingerprint density at radius 2 is 1.68 bits per heavy atom. The standard InChI is InChI=1S/C19H29NO2/c1-8-15(18(2,3)4)16(14-12-10-9-11-13-14)20-17(21)22-19(5,6)7/h8-13,15-16H,1H2,2-7H3,(H,20,21)/t15-,16-/m0/s1. The number of rotatable bonds is 4. The van der Waals surface area contributed by atoms with Gasteiger partial charge in [-0.1, -0.05) is 57.2 Å². The number of ether oxygens (including phenoxy) is 1. The lowest BCUT2D eigenvalue weighted by atomic mass is 9.74. The van der Waals surface area contributed by atoms with Gasteiger partial charge < -0.3 is 10.1 Å². The highest BCUT2D eigenvalue weighted by atomic mass is 16.6. The highest BCUT2D eigenvalue weighted by Gasteiger charge is 2.33. The van der Waals surface area contributed by atoms with Crippen molar-refractivity contribution in [1.82, 2.24) is 5.32 Å². The number of hydrogen-bond donors (Lipinski definition) is 1. The molecule has 1 rings (SSSR count). The maximum atomic E-state index is 12.2. The fraction of sp³-hybridized carbons (Fsp3) is 0.526. The molecule has 1 N–H and O–H groups in total. The van der Waals surface area contributed by atoms with Crippen LogP contribution < -0.4 is 5.32 Å². The SMILES string of the molecule is C=C[C@@H]([C@@H](NC(=O)OC(C)(C)C)c1ccccc1)C(C)(C)C. The molecule has 0 bridgehead atoms. The summed E-state index contributed by atoms with van der Waals surface area (Å²) in [6.45, 7) is 16.0. The molecule has 0 aliphatic rings. The molecule has 0 saturated heterocycles. The lowest BCUT2D eigenvalue weighted by Gasteiger charge is -2.36. The molecule has 0 aliphatic heterocycles. The summed E-state index contributed by atoms with van der Waals surface area (Å²) in [4.78, 5) is 12.2. The molecule has 22 heavy (non-hydrogen) atoms. The van der Waals surface area contributed by atoms with Crippen LogP contribution in [0.15, 0.2) is 43.0 Å². The number of carbonyl (C=O) groups is 1. The topological polar surface area (TPSA) is 38.3 Å². The molecule has 0 saturated carbocycles. The second-order valence-electron chi connectivity index (χ2n) is 7.66. The zero-order valence-corrected chi connectivity index (χ0v) is 14.6. The number of alkyl carbamates (subject to hydrolysis) is 1. The summed E-state index contributed by atoms with van der Waals surface area (Å²) in [5, 5.41) is 3.02. The zero-order valence-electron chi connectivity index (χ0n) is 14.6. The van der Waals surface area contributed by atoms with E-state index in [9.17, 15) is 4.79 Å². The normalized spacial score (nSPS) is 14.8. The first-order valence-electron chi connectivity index (χ1n) is 7.71. The van der Waals surface area contributed by atoms with E-state index in [1.54, 1.807) is 0 Å². The molecule has 1 amide bonds. The van der Waals surface area contributed by atoms with Gasteiger partial charge in [0.2, 0.25) is 0 Å². The molecule has 1 aromatic rings. The minimum atomic E-state index is -0.517. The third-order valence-corrected chi connectivity index (χ3v) is 3.44. The van der Waals surface area contributed by atoms with Crippen LogP contribution in [0.3, 0.4) is 0 Å². The quantitative estimate of drug-likeness (QED) is 0.786. The van der Waals surface area contributed by atoms with E-state index in [1.807, 2.05) is 57.2 Å². The van der Waals surface area contributed by atoms with E-state index in [0.717, 1.165) is 5.56 Å². The highest BCUT2D eigenvalue weighted by molar-refractivity contribution is 5.68. The molecular formula is C19H29NO2. The molecule has 122 valence electrons. The Balaban J connectivity index is 3.07. The van der Waals surface area contributed by atoms with Crippen molar-refractivity contribution >= 4 is 6.09 Å². The molecule has 0 aliphatic carbocycles. The number of nitrogens with one attached hydrogen (secondary N) is 1. The van der Waals surface area contributed by atoms with Gasteiger partial charge in [-0.25, -0.2) is 4.79 Å². The van der Waals surface area contributed by atoms with E-state index in [-0.39, 0.29) is 17.4 Å². The molecule has 0 heterocycles. The first kappa shape index (κ1) is 18.3. The summed E-state index contributed by atoms with van der Waals surface area (Å²) in [6, 6.07) is 9.78. The Morgan fingerprint density at radius 1 is 1.14 bits per heavy atom. The first-order valence-corrected chi connectivity index (χ1v) is 7.71. The summed E-state index contributed by atoms with van der Waals surface area (Å²) in [6.07, 6.45) is 1.51. The van der Waals surface area contributed by atoms with E-state index in [0.29, 0.717) is 0 Å². The van der Waals surface area contributed by atoms with Crippen LogP contribution in [0.2, 0.25) is 0 Å². The predicted molar refractivity (Wildman–Crippen MR) is 91.7 cm³/mol. The smallest absolute Gasteiger partial charge is 0.408 e. The Labute approximate surface area is 134 Å². The summed E-state index contributed by atoms with van der Waals surface area (Å²) in [5.74, 6) is 0.0856. The van der Waals surface area contributed by atoms with Crippen molar-refractivity contribution in [3.05, 3.63) is 48.6 Å². The number of carbonyl (C=O) groups excluding carboxylic acids is 1. The van der Waals surface area contributed by atoms with Gasteiger partial charge >= 0.3 is 6.09 Å². The van der Waals surface area contributed by atoms with Gasteiger partial charge in [0.15, 0.2) is 0 Å². The molecule has 0 radical (unpaired) electrons. The van der Waals surface area contributed by atoms with Crippen LogP contribution >= 0.6 is 0 Å². The molecule has 3 nitrogen and oxygen atoms in total. The van der Waals surface area contributed by atoms with Crippen LogP contribution in [-0.4, -0.2) is 11.7 Å². The van der Waals surface area contributed by atoms with Crippen LogP contribution in [0.5, 0.6) is 0 Å². The van der Waals surface area contributed by atoms with Gasteiger partial charge in [-0.2, -0.15) is 0 Å². The van der Waals surface area contributed by atoms with Crippen molar-refractivity contribution in [2.75, 3.05) is 0 Å². The van der Waals surface area contributed by atoms with E-state index >= 15 is 0 Å². The third-order valence-electron chi connectivity index (χ3n) is 3.44. The van der Waals surface area contributed by atoms with Gasteiger partial charge in [0.05, 0.1) is 6.04 Å². The van der Waals surface area contributed by atoms with Crippen LogP contribution in [-0.2, 0) is 4.74 Å². The Kier molecular flexibility index (Phi) is 5.81. The minimum Gasteiger partial charge on any atom is -0.444 e. The largest absolute Gasteiger partial charge is 0.444 e. The molecule has 2 atom stereocenters. The van der Waals surface area contributed by atoms with E-state index in [4.69, 9.17) is 4.74 Å². The van der Waals surface area contributed by atoms with Gasteiger partial charge in [-0.15, -0.1) is 6.58 Å². The molecule has 0 fully saturated rings. The monoisotopic (exact) mass is 303 g/mol. The van der Waals surface area contributed by atoms with Crippen LogP contribution in [0.1, 0.15) is 53.1 Å². The van der Waals surface area contributed by atoms with Gasteiger partial charge in [0.1, 0.15) is 5.60 Å².